The predicted octanol–water partition coefficient (Wildman–Crippen LogP) is 1.58. The highest BCUT2D eigenvalue weighted by Gasteiger charge is 2.31. The summed E-state index contributed by atoms with van der Waals surface area (Å²) in [5.41, 5.74) is 1.76. The summed E-state index contributed by atoms with van der Waals surface area (Å²) >= 11 is 0. The van der Waals surface area contributed by atoms with Gasteiger partial charge in [-0.3, -0.25) is 4.79 Å². The van der Waals surface area contributed by atoms with Gasteiger partial charge in [-0.25, -0.2) is 0 Å². The molecule has 1 aromatic rings. The number of benzene rings is 1. The first-order valence-corrected chi connectivity index (χ1v) is 6.83. The topological polar surface area (TPSA) is 67.8 Å². The Balaban J connectivity index is 2.31. The van der Waals surface area contributed by atoms with Crippen LogP contribution in [-0.2, 0) is 11.2 Å². The van der Waals surface area contributed by atoms with Crippen molar-refractivity contribution in [3.05, 3.63) is 23.3 Å². The zero-order chi connectivity index (χ0) is 14.7. The monoisotopic (exact) mass is 279 g/mol. The van der Waals surface area contributed by atoms with Crippen molar-refractivity contribution in [2.45, 2.75) is 38.3 Å². The van der Waals surface area contributed by atoms with Crippen molar-refractivity contribution in [1.82, 2.24) is 5.32 Å². The van der Waals surface area contributed by atoms with Gasteiger partial charge in [0.1, 0.15) is 0 Å². The van der Waals surface area contributed by atoms with Gasteiger partial charge < -0.3 is 19.9 Å². The number of fused-ring (bicyclic) bond motifs is 1. The van der Waals surface area contributed by atoms with Crippen LogP contribution in [0.1, 0.15) is 37.0 Å². The van der Waals surface area contributed by atoms with Crippen molar-refractivity contribution in [3.63, 3.8) is 0 Å². The number of nitrogens with one attached hydrogen (secondary N) is 1. The Hall–Kier alpha value is -1.75. The number of rotatable bonds is 4. The summed E-state index contributed by atoms with van der Waals surface area (Å²) in [6.45, 7) is 1.80. The maximum Gasteiger partial charge on any atom is 0.220 e. The molecule has 2 atom stereocenters. The summed E-state index contributed by atoms with van der Waals surface area (Å²) in [4.78, 5) is 11.5. The fraction of sp³-hybridized carbons (Fsp3) is 0.533. The summed E-state index contributed by atoms with van der Waals surface area (Å²) < 4.78 is 10.7. The molecule has 0 fully saturated rings. The molecule has 5 heteroatoms. The molecule has 2 rings (SSSR count). The quantitative estimate of drug-likeness (QED) is 0.878. The number of hydrogen-bond donors (Lipinski definition) is 2. The number of ether oxygens (including phenoxy) is 2. The zero-order valence-electron chi connectivity index (χ0n) is 12.1. The lowest BCUT2D eigenvalue weighted by molar-refractivity contribution is -0.122. The third kappa shape index (κ3) is 2.58. The molecule has 20 heavy (non-hydrogen) atoms. The molecule has 0 unspecified atom stereocenters. The van der Waals surface area contributed by atoms with Crippen LogP contribution in [-0.4, -0.2) is 31.3 Å². The van der Waals surface area contributed by atoms with Crippen molar-refractivity contribution in [1.29, 1.82) is 0 Å². The molecule has 0 heterocycles. The highest BCUT2D eigenvalue weighted by Crippen LogP contribution is 2.40. The predicted molar refractivity (Wildman–Crippen MR) is 75.0 cm³/mol. The van der Waals surface area contributed by atoms with Gasteiger partial charge in [-0.2, -0.15) is 0 Å². The van der Waals surface area contributed by atoms with Crippen LogP contribution in [0.4, 0.5) is 0 Å². The van der Waals surface area contributed by atoms with Crippen LogP contribution in [0, 0.1) is 0 Å². The Morgan fingerprint density at radius 3 is 2.75 bits per heavy atom. The van der Waals surface area contributed by atoms with Crippen LogP contribution in [0.15, 0.2) is 12.1 Å². The van der Waals surface area contributed by atoms with Crippen molar-refractivity contribution in [2.24, 2.45) is 0 Å². The third-order valence-electron chi connectivity index (χ3n) is 3.76. The van der Waals surface area contributed by atoms with Crippen molar-refractivity contribution < 1.29 is 19.4 Å². The molecule has 0 aliphatic heterocycles. The number of carbonyl (C=O) groups excluding carboxylic acids is 1. The van der Waals surface area contributed by atoms with E-state index in [-0.39, 0.29) is 11.9 Å². The second-order valence-corrected chi connectivity index (χ2v) is 4.88. The molecular formula is C15H21NO4. The Kier molecular flexibility index (Phi) is 4.49. The van der Waals surface area contributed by atoms with Gasteiger partial charge in [0.15, 0.2) is 11.5 Å². The van der Waals surface area contributed by atoms with E-state index in [1.54, 1.807) is 27.2 Å². The fourth-order valence-electron chi connectivity index (χ4n) is 2.68. The van der Waals surface area contributed by atoms with E-state index >= 15 is 0 Å². The maximum absolute atomic E-state index is 11.5. The number of carbonyl (C=O) groups is 1. The van der Waals surface area contributed by atoms with E-state index in [0.717, 1.165) is 17.5 Å². The maximum atomic E-state index is 11.5. The Morgan fingerprint density at radius 2 is 2.15 bits per heavy atom. The lowest BCUT2D eigenvalue weighted by Gasteiger charge is -2.32. The summed E-state index contributed by atoms with van der Waals surface area (Å²) in [6, 6.07) is 3.38. The van der Waals surface area contributed by atoms with Gasteiger partial charge in [0.2, 0.25) is 5.91 Å². The third-order valence-corrected chi connectivity index (χ3v) is 3.76. The fourth-order valence-corrected chi connectivity index (χ4v) is 2.68. The molecule has 1 aromatic carbocycles. The number of aliphatic hydroxyl groups excluding tert-OH is 1. The molecule has 2 N–H and O–H groups in total. The van der Waals surface area contributed by atoms with E-state index in [4.69, 9.17) is 9.47 Å². The molecule has 1 amide bonds. The first-order valence-electron chi connectivity index (χ1n) is 6.83. The van der Waals surface area contributed by atoms with Gasteiger partial charge >= 0.3 is 0 Å². The molecule has 110 valence electrons. The summed E-state index contributed by atoms with van der Waals surface area (Å²) in [6.07, 6.45) is 1.13. The minimum atomic E-state index is -0.714. The Bertz CT molecular complexity index is 501. The molecule has 0 radical (unpaired) electrons. The summed E-state index contributed by atoms with van der Waals surface area (Å²) in [5.74, 6) is 1.29. The van der Waals surface area contributed by atoms with E-state index < -0.39 is 6.10 Å². The van der Waals surface area contributed by atoms with Gasteiger partial charge in [-0.1, -0.05) is 13.0 Å². The van der Waals surface area contributed by atoms with Crippen molar-refractivity contribution >= 4 is 5.91 Å². The normalized spacial score (nSPS) is 21.0. The van der Waals surface area contributed by atoms with E-state index in [2.05, 4.69) is 5.32 Å². The second-order valence-electron chi connectivity index (χ2n) is 4.88. The van der Waals surface area contributed by atoms with Crippen molar-refractivity contribution in [2.75, 3.05) is 14.2 Å². The van der Waals surface area contributed by atoms with Gasteiger partial charge in [-0.15, -0.1) is 0 Å². The number of methoxy groups -OCH3 is 2. The lowest BCUT2D eigenvalue weighted by Crippen LogP contribution is -2.41. The smallest absolute Gasteiger partial charge is 0.220 e. The average molecular weight is 279 g/mol. The van der Waals surface area contributed by atoms with Crippen LogP contribution < -0.4 is 14.8 Å². The SMILES string of the molecule is CCC(=O)N[C@H]1CCc2c(ccc(OC)c2OC)[C@@H]1O. The van der Waals surface area contributed by atoms with E-state index in [0.29, 0.717) is 24.3 Å². The van der Waals surface area contributed by atoms with Crippen LogP contribution in [0.3, 0.4) is 0 Å². The Labute approximate surface area is 118 Å². The number of hydrogen-bond acceptors (Lipinski definition) is 4. The summed E-state index contributed by atoms with van der Waals surface area (Å²) in [5, 5.41) is 13.3. The Morgan fingerprint density at radius 1 is 1.40 bits per heavy atom. The molecular weight excluding hydrogens is 258 g/mol. The zero-order valence-corrected chi connectivity index (χ0v) is 12.1. The first kappa shape index (κ1) is 14.7. The van der Waals surface area contributed by atoms with E-state index in [1.165, 1.54) is 0 Å². The second kappa shape index (κ2) is 6.13. The van der Waals surface area contributed by atoms with Crippen LogP contribution in [0.2, 0.25) is 0 Å². The molecule has 0 aromatic heterocycles. The highest BCUT2D eigenvalue weighted by molar-refractivity contribution is 5.76. The van der Waals surface area contributed by atoms with E-state index in [1.807, 2.05) is 6.07 Å². The average Bonchev–Trinajstić information content (AvgIpc) is 2.48. The molecule has 1 aliphatic carbocycles. The van der Waals surface area contributed by atoms with Gasteiger partial charge in [0, 0.05) is 12.0 Å². The molecule has 0 saturated heterocycles. The van der Waals surface area contributed by atoms with Gasteiger partial charge in [0.05, 0.1) is 26.4 Å². The first-order chi connectivity index (χ1) is 9.62. The van der Waals surface area contributed by atoms with Gasteiger partial charge in [-0.05, 0) is 24.5 Å². The lowest BCUT2D eigenvalue weighted by atomic mass is 9.85. The van der Waals surface area contributed by atoms with Crippen LogP contribution in [0.25, 0.3) is 0 Å². The van der Waals surface area contributed by atoms with Gasteiger partial charge in [0.25, 0.3) is 0 Å². The molecule has 0 spiro atoms. The van der Waals surface area contributed by atoms with Crippen LogP contribution in [0.5, 0.6) is 11.5 Å². The minimum absolute atomic E-state index is 0.0435. The van der Waals surface area contributed by atoms with Crippen LogP contribution >= 0.6 is 0 Å². The summed E-state index contributed by atoms with van der Waals surface area (Å²) in [7, 11) is 3.18. The largest absolute Gasteiger partial charge is 0.493 e. The van der Waals surface area contributed by atoms with Crippen molar-refractivity contribution in [3.8, 4) is 11.5 Å². The minimum Gasteiger partial charge on any atom is -0.493 e. The standard InChI is InChI=1S/C15H21NO4/c1-4-13(17)16-11-7-5-10-9(14(11)18)6-8-12(19-2)15(10)20-3/h6,8,11,14,18H,4-5,7H2,1-3H3,(H,16,17)/t11-,14-/m0/s1. The number of aliphatic hydroxyl groups is 1. The molecule has 0 saturated carbocycles. The van der Waals surface area contributed by atoms with E-state index in [9.17, 15) is 9.90 Å². The number of amides is 1. The molecule has 0 bridgehead atoms. The molecule has 1 aliphatic rings. The highest BCUT2D eigenvalue weighted by atomic mass is 16.5. The molecule has 5 nitrogen and oxygen atoms in total.